The Bertz CT molecular complexity index is 1140. The van der Waals surface area contributed by atoms with Gasteiger partial charge in [0, 0.05) is 10.6 Å². The highest BCUT2D eigenvalue weighted by Gasteiger charge is 2.07. The van der Waals surface area contributed by atoms with Crippen LogP contribution in [0.1, 0.15) is 16.8 Å². The molecule has 0 spiro atoms. The minimum absolute atomic E-state index is 0.110. The van der Waals surface area contributed by atoms with Crippen molar-refractivity contribution in [3.8, 4) is 11.5 Å². The van der Waals surface area contributed by atoms with E-state index in [-0.39, 0.29) is 16.0 Å². The number of benzene rings is 2. The van der Waals surface area contributed by atoms with E-state index >= 15 is 0 Å². The van der Waals surface area contributed by atoms with E-state index < -0.39 is 0 Å². The summed E-state index contributed by atoms with van der Waals surface area (Å²) in [5, 5.41) is 11.1. The van der Waals surface area contributed by atoms with Gasteiger partial charge in [0.05, 0.1) is 13.3 Å². The SMILES string of the molecule is COc1cc(C=Nn2c(=S)[nH]nc(C)c2=O)ccc1OCc1ccccc1Cl. The second-order valence-corrected chi connectivity index (χ2v) is 6.56. The molecular weight excluding hydrogens is 400 g/mol. The van der Waals surface area contributed by atoms with E-state index in [9.17, 15) is 4.79 Å². The molecule has 3 aromatic rings. The van der Waals surface area contributed by atoms with E-state index in [1.165, 1.54) is 6.21 Å². The molecule has 0 unspecified atom stereocenters. The number of hydrogen-bond acceptors (Lipinski definition) is 6. The van der Waals surface area contributed by atoms with E-state index in [1.807, 2.05) is 24.3 Å². The number of H-pyrrole nitrogens is 1. The van der Waals surface area contributed by atoms with E-state index in [0.29, 0.717) is 28.7 Å². The molecule has 0 amide bonds. The third kappa shape index (κ3) is 4.47. The minimum Gasteiger partial charge on any atom is -0.493 e. The first-order valence-electron chi connectivity index (χ1n) is 8.26. The summed E-state index contributed by atoms with van der Waals surface area (Å²) in [7, 11) is 1.55. The Labute approximate surface area is 171 Å². The van der Waals surface area contributed by atoms with E-state index in [4.69, 9.17) is 33.3 Å². The summed E-state index contributed by atoms with van der Waals surface area (Å²) in [5.41, 5.74) is 1.47. The first-order chi connectivity index (χ1) is 13.5. The number of rotatable bonds is 6. The number of aromatic amines is 1. The smallest absolute Gasteiger partial charge is 0.296 e. The number of nitrogens with one attached hydrogen (secondary N) is 1. The van der Waals surface area contributed by atoms with Gasteiger partial charge in [-0.2, -0.15) is 14.9 Å². The lowest BCUT2D eigenvalue weighted by Gasteiger charge is -2.12. The van der Waals surface area contributed by atoms with Crippen molar-refractivity contribution < 1.29 is 9.47 Å². The van der Waals surface area contributed by atoms with Crippen LogP contribution in [0.2, 0.25) is 5.02 Å². The first kappa shape index (κ1) is 19.8. The molecule has 28 heavy (non-hydrogen) atoms. The molecule has 7 nitrogen and oxygen atoms in total. The second-order valence-electron chi connectivity index (χ2n) is 5.77. The quantitative estimate of drug-likeness (QED) is 0.489. The van der Waals surface area contributed by atoms with Crippen LogP contribution in [-0.2, 0) is 6.61 Å². The number of hydrogen-bond donors (Lipinski definition) is 1. The minimum atomic E-state index is -0.383. The number of aromatic nitrogens is 3. The highest BCUT2D eigenvalue weighted by molar-refractivity contribution is 7.71. The fraction of sp³-hybridized carbons (Fsp3) is 0.158. The molecule has 1 aromatic heterocycles. The molecule has 0 bridgehead atoms. The molecule has 0 fully saturated rings. The van der Waals surface area contributed by atoms with Gasteiger partial charge in [0.2, 0.25) is 4.77 Å². The Kier molecular flexibility index (Phi) is 6.23. The summed E-state index contributed by atoms with van der Waals surface area (Å²) < 4.78 is 12.4. The first-order valence-corrected chi connectivity index (χ1v) is 9.05. The maximum Gasteiger partial charge on any atom is 0.296 e. The van der Waals surface area contributed by atoms with Gasteiger partial charge in [-0.15, -0.1) is 0 Å². The molecule has 0 aliphatic heterocycles. The van der Waals surface area contributed by atoms with E-state index in [1.54, 1.807) is 32.2 Å². The highest BCUT2D eigenvalue weighted by atomic mass is 35.5. The molecule has 0 atom stereocenters. The van der Waals surface area contributed by atoms with Crippen LogP contribution < -0.4 is 15.0 Å². The van der Waals surface area contributed by atoms with Crippen molar-refractivity contribution in [1.29, 1.82) is 0 Å². The monoisotopic (exact) mass is 416 g/mol. The molecule has 2 aromatic carbocycles. The Morgan fingerprint density at radius 2 is 2.07 bits per heavy atom. The largest absolute Gasteiger partial charge is 0.493 e. The molecule has 0 aliphatic carbocycles. The van der Waals surface area contributed by atoms with Gasteiger partial charge in [0.15, 0.2) is 11.5 Å². The van der Waals surface area contributed by atoms with Gasteiger partial charge in [-0.3, -0.25) is 9.89 Å². The number of nitrogens with zero attached hydrogens (tertiary/aromatic N) is 3. The topological polar surface area (TPSA) is 81.5 Å². The van der Waals surface area contributed by atoms with Crippen molar-refractivity contribution >= 4 is 30.0 Å². The van der Waals surface area contributed by atoms with E-state index in [2.05, 4.69) is 15.3 Å². The molecule has 0 saturated heterocycles. The van der Waals surface area contributed by atoms with Gasteiger partial charge in [0.1, 0.15) is 12.3 Å². The van der Waals surface area contributed by atoms with Crippen LogP contribution in [0.5, 0.6) is 11.5 Å². The van der Waals surface area contributed by atoms with Crippen LogP contribution in [0.15, 0.2) is 52.4 Å². The van der Waals surface area contributed by atoms with Crippen LogP contribution in [-0.4, -0.2) is 28.2 Å². The zero-order valence-corrected chi connectivity index (χ0v) is 16.8. The molecule has 9 heteroatoms. The van der Waals surface area contributed by atoms with Crippen molar-refractivity contribution in [2.24, 2.45) is 5.10 Å². The fourth-order valence-electron chi connectivity index (χ4n) is 2.36. The lowest BCUT2D eigenvalue weighted by Crippen LogP contribution is -2.22. The Hall–Kier alpha value is -2.97. The maximum absolute atomic E-state index is 12.1. The zero-order chi connectivity index (χ0) is 20.1. The summed E-state index contributed by atoms with van der Waals surface area (Å²) in [6.07, 6.45) is 1.50. The van der Waals surface area contributed by atoms with E-state index in [0.717, 1.165) is 10.2 Å². The van der Waals surface area contributed by atoms with Gasteiger partial charge in [-0.1, -0.05) is 29.8 Å². The van der Waals surface area contributed by atoms with Crippen LogP contribution in [0, 0.1) is 11.7 Å². The highest BCUT2D eigenvalue weighted by Crippen LogP contribution is 2.29. The lowest BCUT2D eigenvalue weighted by atomic mass is 10.2. The summed E-state index contributed by atoms with van der Waals surface area (Å²) in [6.45, 7) is 1.89. The molecular formula is C19H17ClN4O3S. The standard InChI is InChI=1S/C19H17ClN4O3S/c1-12-18(25)24(19(28)23-22-12)21-10-13-7-8-16(17(9-13)26-2)27-11-14-5-3-4-6-15(14)20/h3-10H,11H2,1-2H3,(H,23,28). The summed E-state index contributed by atoms with van der Waals surface area (Å²) in [5.74, 6) is 1.09. The molecule has 1 heterocycles. The van der Waals surface area contributed by atoms with Crippen LogP contribution in [0.4, 0.5) is 0 Å². The number of ether oxygens (including phenoxy) is 2. The van der Waals surface area contributed by atoms with Gasteiger partial charge < -0.3 is 9.47 Å². The number of aryl methyl sites for hydroxylation is 1. The Morgan fingerprint density at radius 1 is 1.29 bits per heavy atom. The van der Waals surface area contributed by atoms with Crippen molar-refractivity contribution in [2.75, 3.05) is 7.11 Å². The summed E-state index contributed by atoms with van der Waals surface area (Å²) >= 11 is 11.2. The average molecular weight is 417 g/mol. The number of methoxy groups -OCH3 is 1. The van der Waals surface area contributed by atoms with Gasteiger partial charge >= 0.3 is 0 Å². The van der Waals surface area contributed by atoms with Gasteiger partial charge in [-0.25, -0.2) is 0 Å². The molecule has 0 saturated carbocycles. The summed E-state index contributed by atoms with van der Waals surface area (Å²) in [6, 6.07) is 12.8. The second kappa shape index (κ2) is 8.81. The maximum atomic E-state index is 12.1. The van der Waals surface area contributed by atoms with Crippen LogP contribution in [0.25, 0.3) is 0 Å². The normalized spacial score (nSPS) is 11.0. The molecule has 144 valence electrons. The lowest BCUT2D eigenvalue weighted by molar-refractivity contribution is 0.284. The van der Waals surface area contributed by atoms with Gasteiger partial charge in [-0.05, 0) is 49.0 Å². The van der Waals surface area contributed by atoms with Gasteiger partial charge in [0.25, 0.3) is 5.56 Å². The Morgan fingerprint density at radius 3 is 2.82 bits per heavy atom. The van der Waals surface area contributed by atoms with Crippen molar-refractivity contribution in [3.05, 3.63) is 79.4 Å². The van der Waals surface area contributed by atoms with Crippen molar-refractivity contribution in [2.45, 2.75) is 13.5 Å². The number of halogens is 1. The molecule has 3 rings (SSSR count). The third-order valence-electron chi connectivity index (χ3n) is 3.86. The average Bonchev–Trinajstić information content (AvgIpc) is 2.70. The Balaban J connectivity index is 1.82. The fourth-order valence-corrected chi connectivity index (χ4v) is 2.72. The zero-order valence-electron chi connectivity index (χ0n) is 15.2. The predicted molar refractivity (Wildman–Crippen MR) is 110 cm³/mol. The molecule has 0 radical (unpaired) electrons. The molecule has 1 N–H and O–H groups in total. The van der Waals surface area contributed by atoms with Crippen LogP contribution >= 0.6 is 23.8 Å². The third-order valence-corrected chi connectivity index (χ3v) is 4.50. The van der Waals surface area contributed by atoms with Crippen molar-refractivity contribution in [1.82, 2.24) is 14.9 Å². The molecule has 0 aliphatic rings. The predicted octanol–water partition coefficient (Wildman–Crippen LogP) is 3.73. The van der Waals surface area contributed by atoms with Crippen molar-refractivity contribution in [3.63, 3.8) is 0 Å². The summed E-state index contributed by atoms with van der Waals surface area (Å²) in [4.78, 5) is 12.1. The van der Waals surface area contributed by atoms with Crippen LogP contribution in [0.3, 0.4) is 0 Å².